The van der Waals surface area contributed by atoms with Crippen LogP contribution in [0.2, 0.25) is 0 Å². The molecule has 0 aliphatic carbocycles. The molecule has 26 heavy (non-hydrogen) atoms. The predicted molar refractivity (Wildman–Crippen MR) is 99.3 cm³/mol. The predicted octanol–water partition coefficient (Wildman–Crippen LogP) is 6.84. The minimum Gasteiger partial charge on any atom is -0.207 e. The minimum absolute atomic E-state index is 0.281. The molecule has 0 bridgehead atoms. The molecule has 0 amide bonds. The summed E-state index contributed by atoms with van der Waals surface area (Å²) in [5.41, 5.74) is 3.48. The lowest BCUT2D eigenvalue weighted by Gasteiger charge is -2.02. The highest BCUT2D eigenvalue weighted by atomic mass is 19.1. The number of benzene rings is 3. The molecule has 0 aliphatic heterocycles. The smallest absolute Gasteiger partial charge is 0.207 e. The molecule has 1 aromatic heterocycles. The third-order valence-electron chi connectivity index (χ3n) is 4.16. The second kappa shape index (κ2) is 6.89. The van der Waals surface area contributed by atoms with Crippen LogP contribution >= 0.6 is 0 Å². The Morgan fingerprint density at radius 1 is 0.462 bits per heavy atom. The monoisotopic (exact) mass is 345 g/mol. The Balaban J connectivity index is 1.89. The molecule has 1 nitrogen and oxygen atoms in total. The first-order valence-electron chi connectivity index (χ1n) is 8.24. The fourth-order valence-corrected chi connectivity index (χ4v) is 2.81. The van der Waals surface area contributed by atoms with E-state index in [1.165, 1.54) is 24.3 Å². The molecule has 0 unspecified atom stereocenters. The largest absolute Gasteiger partial charge is 0.361 e. The van der Waals surface area contributed by atoms with E-state index < -0.39 is 0 Å². The van der Waals surface area contributed by atoms with Crippen LogP contribution in [0.15, 0.2) is 95.4 Å². The van der Waals surface area contributed by atoms with Crippen LogP contribution in [0.3, 0.4) is 0 Å². The van der Waals surface area contributed by atoms with E-state index in [1.54, 1.807) is 24.3 Å². The third-order valence-corrected chi connectivity index (χ3v) is 4.16. The Morgan fingerprint density at radius 3 is 1.46 bits per heavy atom. The molecule has 0 saturated carbocycles. The zero-order chi connectivity index (χ0) is 17.9. The standard InChI is InChI=1S/C23H15F2O/c24-20-10-6-16(7-11-20)19-14-22(17-4-2-1-3-5-17)26-23(15-19)18-8-12-21(25)13-9-18/h1-15H/q+1. The molecule has 1 heterocycles. The summed E-state index contributed by atoms with van der Waals surface area (Å²) in [6, 6.07) is 26.0. The van der Waals surface area contributed by atoms with Crippen molar-refractivity contribution in [1.82, 2.24) is 0 Å². The van der Waals surface area contributed by atoms with E-state index in [2.05, 4.69) is 0 Å². The highest BCUT2D eigenvalue weighted by Gasteiger charge is 2.20. The summed E-state index contributed by atoms with van der Waals surface area (Å²) in [6.07, 6.45) is 0. The average molecular weight is 345 g/mol. The molecule has 0 aliphatic rings. The maximum absolute atomic E-state index is 13.3. The maximum Gasteiger partial charge on any atom is 0.361 e. The number of hydrogen-bond acceptors (Lipinski definition) is 0. The summed E-state index contributed by atoms with van der Waals surface area (Å²) in [7, 11) is 0. The van der Waals surface area contributed by atoms with E-state index in [-0.39, 0.29) is 11.6 Å². The Hall–Kier alpha value is -3.33. The molecule has 126 valence electrons. The fourth-order valence-electron chi connectivity index (χ4n) is 2.81. The van der Waals surface area contributed by atoms with Crippen LogP contribution in [0.4, 0.5) is 8.78 Å². The van der Waals surface area contributed by atoms with Crippen LogP contribution in [0.5, 0.6) is 0 Å². The minimum atomic E-state index is -0.299. The van der Waals surface area contributed by atoms with Crippen molar-refractivity contribution in [2.24, 2.45) is 0 Å². The topological polar surface area (TPSA) is 11.3 Å². The van der Waals surface area contributed by atoms with Gasteiger partial charge in [0.25, 0.3) is 0 Å². The summed E-state index contributed by atoms with van der Waals surface area (Å²) in [6.45, 7) is 0. The molecule has 3 heteroatoms. The van der Waals surface area contributed by atoms with Gasteiger partial charge in [-0.3, -0.25) is 0 Å². The molecule has 4 aromatic rings. The second-order valence-electron chi connectivity index (χ2n) is 5.95. The first-order valence-corrected chi connectivity index (χ1v) is 8.24. The van der Waals surface area contributed by atoms with Gasteiger partial charge in [-0.1, -0.05) is 30.3 Å². The average Bonchev–Trinajstić information content (AvgIpc) is 2.69. The van der Waals surface area contributed by atoms with Gasteiger partial charge < -0.3 is 0 Å². The van der Waals surface area contributed by atoms with Crippen LogP contribution in [-0.4, -0.2) is 0 Å². The normalized spacial score (nSPS) is 10.7. The van der Waals surface area contributed by atoms with E-state index >= 15 is 0 Å². The summed E-state index contributed by atoms with van der Waals surface area (Å²) >= 11 is 0. The molecular formula is C23H15F2O+. The van der Waals surface area contributed by atoms with Crippen LogP contribution in [-0.2, 0) is 0 Å². The lowest BCUT2D eigenvalue weighted by atomic mass is 10.0. The summed E-state index contributed by atoms with van der Waals surface area (Å²) in [5.74, 6) is 0.723. The van der Waals surface area contributed by atoms with Crippen LogP contribution in [0.25, 0.3) is 33.8 Å². The molecular weight excluding hydrogens is 330 g/mol. The van der Waals surface area contributed by atoms with Gasteiger partial charge in [0.15, 0.2) is 0 Å². The van der Waals surface area contributed by atoms with Crippen molar-refractivity contribution in [2.45, 2.75) is 0 Å². The number of hydrogen-bond donors (Lipinski definition) is 0. The second-order valence-corrected chi connectivity index (χ2v) is 5.95. The van der Waals surface area contributed by atoms with Gasteiger partial charge in [-0.25, -0.2) is 13.2 Å². The Bertz CT molecular complexity index is 960. The van der Waals surface area contributed by atoms with Crippen molar-refractivity contribution < 1.29 is 13.2 Å². The summed E-state index contributed by atoms with van der Waals surface area (Å²) in [5, 5.41) is 0. The van der Waals surface area contributed by atoms with Gasteiger partial charge in [0.1, 0.15) is 11.6 Å². The first-order chi connectivity index (χ1) is 12.7. The zero-order valence-corrected chi connectivity index (χ0v) is 13.8. The van der Waals surface area contributed by atoms with Gasteiger partial charge in [0, 0.05) is 5.56 Å². The third kappa shape index (κ3) is 3.38. The van der Waals surface area contributed by atoms with Gasteiger partial charge in [-0.05, 0) is 54.1 Å². The SMILES string of the molecule is Fc1ccc(-c2cc(-c3ccccc3)[o+]c(-c3ccc(F)cc3)c2)cc1. The molecule has 0 atom stereocenters. The lowest BCUT2D eigenvalue weighted by molar-refractivity contribution is 0.582. The highest BCUT2D eigenvalue weighted by Crippen LogP contribution is 2.33. The van der Waals surface area contributed by atoms with Gasteiger partial charge >= 0.3 is 11.5 Å². The van der Waals surface area contributed by atoms with Gasteiger partial charge in [0.2, 0.25) is 0 Å². The van der Waals surface area contributed by atoms with Crippen molar-refractivity contribution in [3.8, 4) is 33.8 Å². The lowest BCUT2D eigenvalue weighted by Crippen LogP contribution is -1.87. The van der Waals surface area contributed by atoms with Crippen molar-refractivity contribution in [3.05, 3.63) is 103 Å². The van der Waals surface area contributed by atoms with E-state index in [1.807, 2.05) is 42.5 Å². The van der Waals surface area contributed by atoms with Crippen LogP contribution in [0.1, 0.15) is 0 Å². The Kier molecular flexibility index (Phi) is 4.28. The summed E-state index contributed by atoms with van der Waals surface area (Å²) < 4.78 is 32.6. The van der Waals surface area contributed by atoms with Crippen LogP contribution in [0, 0.1) is 11.6 Å². The Morgan fingerprint density at radius 2 is 0.923 bits per heavy atom. The van der Waals surface area contributed by atoms with Crippen LogP contribution < -0.4 is 0 Å². The number of rotatable bonds is 3. The molecule has 0 N–H and O–H groups in total. The van der Waals surface area contributed by atoms with Crippen molar-refractivity contribution in [1.29, 1.82) is 0 Å². The fraction of sp³-hybridized carbons (Fsp3) is 0. The van der Waals surface area contributed by atoms with Gasteiger partial charge in [-0.2, -0.15) is 0 Å². The molecule has 3 aromatic carbocycles. The van der Waals surface area contributed by atoms with E-state index in [9.17, 15) is 8.78 Å². The molecule has 0 saturated heterocycles. The first kappa shape index (κ1) is 16.2. The maximum atomic E-state index is 13.3. The van der Waals surface area contributed by atoms with E-state index in [4.69, 9.17) is 4.42 Å². The molecule has 0 fully saturated rings. The molecule has 0 radical (unpaired) electrons. The van der Waals surface area contributed by atoms with Crippen molar-refractivity contribution in [3.63, 3.8) is 0 Å². The van der Waals surface area contributed by atoms with Crippen molar-refractivity contribution in [2.75, 3.05) is 0 Å². The summed E-state index contributed by atoms with van der Waals surface area (Å²) in [4.78, 5) is 0. The van der Waals surface area contributed by atoms with Gasteiger partial charge in [-0.15, -0.1) is 0 Å². The Labute approximate surface area is 150 Å². The molecule has 4 rings (SSSR count). The molecule has 0 spiro atoms. The van der Waals surface area contributed by atoms with E-state index in [0.29, 0.717) is 11.5 Å². The quantitative estimate of drug-likeness (QED) is 0.370. The highest BCUT2D eigenvalue weighted by molar-refractivity contribution is 5.74. The van der Waals surface area contributed by atoms with E-state index in [0.717, 1.165) is 22.3 Å². The zero-order valence-electron chi connectivity index (χ0n) is 13.8. The number of halogens is 2. The van der Waals surface area contributed by atoms with Crippen molar-refractivity contribution >= 4 is 0 Å². The van der Waals surface area contributed by atoms with Gasteiger partial charge in [0.05, 0.1) is 23.3 Å².